The number of nitrogens with two attached hydrogens (primary N) is 1. The number of aryl methyl sites for hydroxylation is 1. The lowest BCUT2D eigenvalue weighted by Crippen LogP contribution is -2.47. The minimum atomic E-state index is -0.833. The molecule has 0 aromatic heterocycles. The second kappa shape index (κ2) is 6.41. The summed E-state index contributed by atoms with van der Waals surface area (Å²) in [5.74, 6) is -1.01. The Morgan fingerprint density at radius 3 is 2.48 bits per heavy atom. The first-order valence-electron chi connectivity index (χ1n) is 7.75. The van der Waals surface area contributed by atoms with Crippen LogP contribution in [0.3, 0.4) is 0 Å². The van der Waals surface area contributed by atoms with Gasteiger partial charge in [0.25, 0.3) is 0 Å². The quantitative estimate of drug-likeness (QED) is 0.901. The molecule has 1 aromatic rings. The Kier molecular flexibility index (Phi) is 4.99. The molecule has 1 aliphatic carbocycles. The zero-order valence-electron chi connectivity index (χ0n) is 13.1. The normalized spacial score (nSPS) is 27.6. The number of rotatable bonds is 4. The number of halogens is 2. The number of hydrogen-bond acceptors (Lipinski definition) is 2. The summed E-state index contributed by atoms with van der Waals surface area (Å²) >= 11 is 0. The van der Waals surface area contributed by atoms with Crippen LogP contribution < -0.4 is 5.73 Å². The van der Waals surface area contributed by atoms with E-state index in [2.05, 4.69) is 6.92 Å². The number of hydrogen-bond donors (Lipinski definition) is 1. The summed E-state index contributed by atoms with van der Waals surface area (Å²) in [4.78, 5) is 0. The van der Waals surface area contributed by atoms with Gasteiger partial charge in [0.1, 0.15) is 0 Å². The summed E-state index contributed by atoms with van der Waals surface area (Å²) in [5, 5.41) is 0. The third-order valence-corrected chi connectivity index (χ3v) is 4.76. The smallest absolute Gasteiger partial charge is 0.163 e. The van der Waals surface area contributed by atoms with Crippen LogP contribution in [-0.2, 0) is 4.74 Å². The summed E-state index contributed by atoms with van der Waals surface area (Å²) in [6.45, 7) is 6.19. The maximum absolute atomic E-state index is 14.2. The lowest BCUT2D eigenvalue weighted by atomic mass is 9.73. The van der Waals surface area contributed by atoms with Gasteiger partial charge in [-0.15, -0.1) is 0 Å². The molecule has 1 aromatic carbocycles. The lowest BCUT2D eigenvalue weighted by Gasteiger charge is -2.43. The molecular weight excluding hydrogens is 272 g/mol. The molecule has 1 aliphatic rings. The first-order chi connectivity index (χ1) is 9.91. The molecule has 1 saturated carbocycles. The molecule has 1 atom stereocenters. The Hall–Kier alpha value is -1.00. The molecule has 0 bridgehead atoms. The van der Waals surface area contributed by atoms with Crippen LogP contribution in [0.25, 0.3) is 0 Å². The Bertz CT molecular complexity index is 496. The summed E-state index contributed by atoms with van der Waals surface area (Å²) in [5.41, 5.74) is 6.27. The second-order valence-corrected chi connectivity index (χ2v) is 6.26. The molecule has 1 unspecified atom stereocenters. The summed E-state index contributed by atoms with van der Waals surface area (Å²) < 4.78 is 34.0. The van der Waals surface area contributed by atoms with Crippen LogP contribution in [0.2, 0.25) is 0 Å². The van der Waals surface area contributed by atoms with Crippen LogP contribution in [0.1, 0.15) is 56.7 Å². The van der Waals surface area contributed by atoms with E-state index in [-0.39, 0.29) is 5.56 Å². The molecule has 0 spiro atoms. The second-order valence-electron chi connectivity index (χ2n) is 6.26. The molecule has 21 heavy (non-hydrogen) atoms. The molecular formula is C17H25F2NO. The van der Waals surface area contributed by atoms with Gasteiger partial charge in [-0.1, -0.05) is 19.1 Å². The predicted octanol–water partition coefficient (Wildman–Crippen LogP) is 4.26. The molecule has 0 aliphatic heterocycles. The molecule has 0 heterocycles. The van der Waals surface area contributed by atoms with Gasteiger partial charge in [-0.25, -0.2) is 8.78 Å². The van der Waals surface area contributed by atoms with Crippen molar-refractivity contribution in [3.8, 4) is 0 Å². The molecule has 0 amide bonds. The van der Waals surface area contributed by atoms with E-state index in [0.717, 1.165) is 25.7 Å². The highest BCUT2D eigenvalue weighted by Crippen LogP contribution is 2.43. The maximum atomic E-state index is 14.2. The summed E-state index contributed by atoms with van der Waals surface area (Å²) in [6, 6.07) is 2.54. The monoisotopic (exact) mass is 297 g/mol. The lowest BCUT2D eigenvalue weighted by molar-refractivity contribution is -0.0903. The molecule has 0 saturated heterocycles. The average molecular weight is 297 g/mol. The maximum Gasteiger partial charge on any atom is 0.163 e. The van der Waals surface area contributed by atoms with Crippen LogP contribution in [0.15, 0.2) is 12.1 Å². The van der Waals surface area contributed by atoms with Gasteiger partial charge in [-0.05, 0) is 51.0 Å². The molecule has 2 nitrogen and oxygen atoms in total. The van der Waals surface area contributed by atoms with Crippen molar-refractivity contribution in [3.05, 3.63) is 34.9 Å². The number of ether oxygens (including phenoxy) is 1. The van der Waals surface area contributed by atoms with E-state index in [1.165, 1.54) is 0 Å². The number of benzene rings is 1. The zero-order chi connectivity index (χ0) is 15.6. The summed E-state index contributed by atoms with van der Waals surface area (Å²) in [7, 11) is 0. The fourth-order valence-corrected chi connectivity index (χ4v) is 3.27. The largest absolute Gasteiger partial charge is 0.373 e. The zero-order valence-corrected chi connectivity index (χ0v) is 13.1. The van der Waals surface area contributed by atoms with Gasteiger partial charge in [0.15, 0.2) is 11.6 Å². The van der Waals surface area contributed by atoms with Gasteiger partial charge in [0.2, 0.25) is 0 Å². The van der Waals surface area contributed by atoms with E-state index in [4.69, 9.17) is 10.5 Å². The van der Waals surface area contributed by atoms with Crippen LogP contribution in [-0.4, -0.2) is 12.2 Å². The van der Waals surface area contributed by atoms with Gasteiger partial charge in [-0.3, -0.25) is 0 Å². The standard InChI is InChI=1S/C17H25F2NO/c1-4-21-17(9-7-11(2)8-10-17)16(20)13-6-5-12(3)14(18)15(13)19/h5-6,11,16H,4,7-10,20H2,1-3H3. The third-order valence-electron chi connectivity index (χ3n) is 4.76. The van der Waals surface area contributed by atoms with Gasteiger partial charge >= 0.3 is 0 Å². The van der Waals surface area contributed by atoms with Crippen LogP contribution in [0.5, 0.6) is 0 Å². The first kappa shape index (κ1) is 16.4. The molecule has 1 fully saturated rings. The fraction of sp³-hybridized carbons (Fsp3) is 0.647. The highest BCUT2D eigenvalue weighted by Gasteiger charge is 2.42. The van der Waals surface area contributed by atoms with E-state index in [1.54, 1.807) is 19.1 Å². The molecule has 0 radical (unpaired) electrons. The molecule has 118 valence electrons. The Morgan fingerprint density at radius 2 is 1.90 bits per heavy atom. The van der Waals surface area contributed by atoms with Crippen molar-refractivity contribution in [1.29, 1.82) is 0 Å². The topological polar surface area (TPSA) is 35.2 Å². The van der Waals surface area contributed by atoms with E-state index >= 15 is 0 Å². The van der Waals surface area contributed by atoms with Crippen LogP contribution >= 0.6 is 0 Å². The van der Waals surface area contributed by atoms with Crippen molar-refractivity contribution in [2.75, 3.05) is 6.61 Å². The molecule has 2 rings (SSSR count). The van der Waals surface area contributed by atoms with Crippen LogP contribution in [0, 0.1) is 24.5 Å². The van der Waals surface area contributed by atoms with E-state index in [0.29, 0.717) is 18.1 Å². The SMILES string of the molecule is CCOC1(C(N)c2ccc(C)c(F)c2F)CCC(C)CC1. The van der Waals surface area contributed by atoms with Gasteiger partial charge in [-0.2, -0.15) is 0 Å². The average Bonchev–Trinajstić information content (AvgIpc) is 2.47. The van der Waals surface area contributed by atoms with Crippen molar-refractivity contribution in [3.63, 3.8) is 0 Å². The van der Waals surface area contributed by atoms with Crippen molar-refractivity contribution in [1.82, 2.24) is 0 Å². The van der Waals surface area contributed by atoms with E-state index in [1.807, 2.05) is 6.92 Å². The van der Waals surface area contributed by atoms with Gasteiger partial charge in [0.05, 0.1) is 11.6 Å². The minimum absolute atomic E-state index is 0.223. The van der Waals surface area contributed by atoms with Crippen molar-refractivity contribution < 1.29 is 13.5 Å². The first-order valence-corrected chi connectivity index (χ1v) is 7.75. The highest BCUT2D eigenvalue weighted by molar-refractivity contribution is 5.29. The van der Waals surface area contributed by atoms with Crippen molar-refractivity contribution in [2.45, 2.75) is 58.1 Å². The minimum Gasteiger partial charge on any atom is -0.373 e. The van der Waals surface area contributed by atoms with E-state index < -0.39 is 23.3 Å². The molecule has 4 heteroatoms. The Labute approximate surface area is 125 Å². The van der Waals surface area contributed by atoms with Crippen molar-refractivity contribution >= 4 is 0 Å². The molecule has 2 N–H and O–H groups in total. The Balaban J connectivity index is 2.35. The van der Waals surface area contributed by atoms with Crippen molar-refractivity contribution in [2.24, 2.45) is 11.7 Å². The highest BCUT2D eigenvalue weighted by atomic mass is 19.2. The van der Waals surface area contributed by atoms with Gasteiger partial charge in [0, 0.05) is 12.2 Å². The predicted molar refractivity (Wildman–Crippen MR) is 80.0 cm³/mol. The summed E-state index contributed by atoms with van der Waals surface area (Å²) in [6.07, 6.45) is 3.59. The third kappa shape index (κ3) is 3.11. The van der Waals surface area contributed by atoms with Crippen LogP contribution in [0.4, 0.5) is 8.78 Å². The van der Waals surface area contributed by atoms with E-state index in [9.17, 15) is 8.78 Å². The Morgan fingerprint density at radius 1 is 1.29 bits per heavy atom. The van der Waals surface area contributed by atoms with Gasteiger partial charge < -0.3 is 10.5 Å². The fourth-order valence-electron chi connectivity index (χ4n) is 3.27.